The number of nitrogens with one attached hydrogen (secondary N) is 1. The zero-order chi connectivity index (χ0) is 17.6. The summed E-state index contributed by atoms with van der Waals surface area (Å²) in [5.41, 5.74) is 2.24. The minimum absolute atomic E-state index is 0.741. The van der Waals surface area contributed by atoms with Crippen molar-refractivity contribution < 1.29 is 4.42 Å². The lowest BCUT2D eigenvalue weighted by Crippen LogP contribution is -2.24. The van der Waals surface area contributed by atoms with E-state index >= 15 is 0 Å². The highest BCUT2D eigenvalue weighted by molar-refractivity contribution is 7.13. The highest BCUT2D eigenvalue weighted by atomic mass is 32.1. The van der Waals surface area contributed by atoms with Gasteiger partial charge in [0.1, 0.15) is 5.82 Å². The van der Waals surface area contributed by atoms with Crippen LogP contribution in [-0.4, -0.2) is 23.1 Å². The molecule has 0 aromatic carbocycles. The van der Waals surface area contributed by atoms with Gasteiger partial charge in [-0.1, -0.05) is 18.9 Å². The number of anilines is 1. The molecule has 0 unspecified atom stereocenters. The number of furan rings is 1. The first kappa shape index (κ1) is 17.2. The number of hydrogen-bond acceptors (Lipinski definition) is 6. The highest BCUT2D eigenvalue weighted by Crippen LogP contribution is 2.24. The maximum atomic E-state index is 5.39. The maximum Gasteiger partial charge on any atom is 0.162 e. The van der Waals surface area contributed by atoms with Crippen LogP contribution in [0, 0.1) is 0 Å². The summed E-state index contributed by atoms with van der Waals surface area (Å²) >= 11 is 1.61. The monoisotopic (exact) mass is 368 g/mol. The standard InChI is InChI=1S/C20H24N4OS/c1-2-4-10-24(9-3-1)19-8-7-16(13-22-19)12-21-14-17-15-26-20(23-17)18-6-5-11-25-18/h5-8,11,13,15,21H,1-4,9-10,12,14H2. The molecule has 6 heteroatoms. The van der Waals surface area contributed by atoms with Crippen LogP contribution in [0.1, 0.15) is 36.9 Å². The van der Waals surface area contributed by atoms with Crippen LogP contribution < -0.4 is 10.2 Å². The second-order valence-corrected chi connectivity index (χ2v) is 7.51. The average Bonchev–Trinajstić information content (AvgIpc) is 3.29. The van der Waals surface area contributed by atoms with E-state index in [-0.39, 0.29) is 0 Å². The van der Waals surface area contributed by atoms with Crippen molar-refractivity contribution in [3.05, 3.63) is 53.4 Å². The quantitative estimate of drug-likeness (QED) is 0.696. The van der Waals surface area contributed by atoms with E-state index in [9.17, 15) is 0 Å². The molecule has 0 atom stereocenters. The number of aromatic nitrogens is 2. The Balaban J connectivity index is 1.28. The van der Waals surface area contributed by atoms with Crippen LogP contribution in [0.4, 0.5) is 5.82 Å². The first-order chi connectivity index (χ1) is 12.9. The summed E-state index contributed by atoms with van der Waals surface area (Å²) in [6, 6.07) is 8.15. The maximum absolute atomic E-state index is 5.39. The Morgan fingerprint density at radius 2 is 1.96 bits per heavy atom. The van der Waals surface area contributed by atoms with Gasteiger partial charge in [-0.3, -0.25) is 0 Å². The molecule has 0 saturated carbocycles. The molecular formula is C20H24N4OS. The molecule has 26 heavy (non-hydrogen) atoms. The van der Waals surface area contributed by atoms with E-state index in [1.165, 1.54) is 31.2 Å². The molecule has 4 rings (SSSR count). The SMILES string of the molecule is c1coc(-c2nc(CNCc3ccc(N4CCCCCC4)nc3)cs2)c1. The lowest BCUT2D eigenvalue weighted by molar-refractivity contribution is 0.581. The van der Waals surface area contributed by atoms with E-state index in [0.717, 1.165) is 48.5 Å². The number of nitrogens with zero attached hydrogens (tertiary/aromatic N) is 3. The molecule has 0 radical (unpaired) electrons. The van der Waals surface area contributed by atoms with E-state index in [2.05, 4.69) is 37.7 Å². The van der Waals surface area contributed by atoms with Crippen LogP contribution in [0.2, 0.25) is 0 Å². The third-order valence-corrected chi connectivity index (χ3v) is 5.56. The topological polar surface area (TPSA) is 54.2 Å². The zero-order valence-electron chi connectivity index (χ0n) is 14.9. The molecule has 0 bridgehead atoms. The number of rotatable bonds is 6. The Labute approximate surface area is 158 Å². The van der Waals surface area contributed by atoms with Crippen molar-refractivity contribution in [3.63, 3.8) is 0 Å². The number of thiazole rings is 1. The summed E-state index contributed by atoms with van der Waals surface area (Å²) in [5.74, 6) is 1.94. The van der Waals surface area contributed by atoms with Crippen LogP contribution in [0.15, 0.2) is 46.5 Å². The molecule has 3 aromatic heterocycles. The van der Waals surface area contributed by atoms with Crippen molar-refractivity contribution in [3.8, 4) is 10.8 Å². The molecule has 0 aliphatic carbocycles. The Morgan fingerprint density at radius 3 is 2.69 bits per heavy atom. The Hall–Kier alpha value is -2.18. The van der Waals surface area contributed by atoms with Gasteiger partial charge in [-0.15, -0.1) is 11.3 Å². The largest absolute Gasteiger partial charge is 0.462 e. The first-order valence-electron chi connectivity index (χ1n) is 9.27. The lowest BCUT2D eigenvalue weighted by atomic mass is 10.2. The van der Waals surface area contributed by atoms with Crippen molar-refractivity contribution in [2.75, 3.05) is 18.0 Å². The number of pyridine rings is 1. The van der Waals surface area contributed by atoms with Crippen molar-refractivity contribution in [1.82, 2.24) is 15.3 Å². The molecule has 5 nitrogen and oxygen atoms in total. The minimum Gasteiger partial charge on any atom is -0.462 e. The molecule has 1 saturated heterocycles. The van der Waals surface area contributed by atoms with Crippen molar-refractivity contribution in [2.45, 2.75) is 38.8 Å². The molecule has 4 heterocycles. The number of hydrogen-bond donors (Lipinski definition) is 1. The van der Waals surface area contributed by atoms with Gasteiger partial charge in [0.15, 0.2) is 10.8 Å². The van der Waals surface area contributed by atoms with Gasteiger partial charge < -0.3 is 14.6 Å². The van der Waals surface area contributed by atoms with Gasteiger partial charge >= 0.3 is 0 Å². The fraction of sp³-hybridized carbons (Fsp3) is 0.400. The van der Waals surface area contributed by atoms with E-state index in [1.54, 1.807) is 17.6 Å². The molecule has 136 valence electrons. The van der Waals surface area contributed by atoms with Crippen molar-refractivity contribution in [1.29, 1.82) is 0 Å². The van der Waals surface area contributed by atoms with Gasteiger partial charge in [0.25, 0.3) is 0 Å². The molecule has 0 amide bonds. The minimum atomic E-state index is 0.741. The molecule has 3 aromatic rings. The van der Waals surface area contributed by atoms with Gasteiger partial charge in [-0.25, -0.2) is 9.97 Å². The first-order valence-corrected chi connectivity index (χ1v) is 10.2. The summed E-state index contributed by atoms with van der Waals surface area (Å²) in [4.78, 5) is 11.7. The molecule has 1 aliphatic heterocycles. The second kappa shape index (κ2) is 8.47. The second-order valence-electron chi connectivity index (χ2n) is 6.65. The van der Waals surface area contributed by atoms with Gasteiger partial charge in [0, 0.05) is 37.8 Å². The third kappa shape index (κ3) is 4.31. The molecule has 1 aliphatic rings. The Bertz CT molecular complexity index is 790. The van der Waals surface area contributed by atoms with Crippen LogP contribution >= 0.6 is 11.3 Å². The van der Waals surface area contributed by atoms with Crippen molar-refractivity contribution >= 4 is 17.2 Å². The lowest BCUT2D eigenvalue weighted by Gasteiger charge is -2.21. The van der Waals surface area contributed by atoms with Gasteiger partial charge in [0.2, 0.25) is 0 Å². The Kier molecular flexibility index (Phi) is 5.62. The molecule has 1 fully saturated rings. The normalized spacial score (nSPS) is 15.2. The predicted octanol–water partition coefficient (Wildman–Crippen LogP) is 4.47. The van der Waals surface area contributed by atoms with Crippen LogP contribution in [0.5, 0.6) is 0 Å². The summed E-state index contributed by atoms with van der Waals surface area (Å²) in [6.07, 6.45) is 8.91. The average molecular weight is 369 g/mol. The summed E-state index contributed by atoms with van der Waals surface area (Å²) in [7, 11) is 0. The summed E-state index contributed by atoms with van der Waals surface area (Å²) in [6.45, 7) is 3.80. The predicted molar refractivity (Wildman–Crippen MR) is 105 cm³/mol. The van der Waals surface area contributed by atoms with Gasteiger partial charge in [-0.2, -0.15) is 0 Å². The van der Waals surface area contributed by atoms with Crippen molar-refractivity contribution in [2.24, 2.45) is 0 Å². The highest BCUT2D eigenvalue weighted by Gasteiger charge is 2.11. The van der Waals surface area contributed by atoms with E-state index in [4.69, 9.17) is 4.42 Å². The molecule has 0 spiro atoms. The van der Waals surface area contributed by atoms with E-state index < -0.39 is 0 Å². The fourth-order valence-electron chi connectivity index (χ4n) is 3.24. The van der Waals surface area contributed by atoms with Crippen LogP contribution in [0.3, 0.4) is 0 Å². The molecular weight excluding hydrogens is 344 g/mol. The molecule has 1 N–H and O–H groups in total. The summed E-state index contributed by atoms with van der Waals surface area (Å²) in [5, 5.41) is 6.45. The van der Waals surface area contributed by atoms with Crippen LogP contribution in [-0.2, 0) is 13.1 Å². The smallest absolute Gasteiger partial charge is 0.162 e. The van der Waals surface area contributed by atoms with Gasteiger partial charge in [-0.05, 0) is 36.6 Å². The van der Waals surface area contributed by atoms with Crippen LogP contribution in [0.25, 0.3) is 10.8 Å². The van der Waals surface area contributed by atoms with Gasteiger partial charge in [0.05, 0.1) is 12.0 Å². The fourth-order valence-corrected chi connectivity index (χ4v) is 4.03. The van der Waals surface area contributed by atoms with E-state index in [1.807, 2.05) is 18.3 Å². The zero-order valence-corrected chi connectivity index (χ0v) is 15.7. The van der Waals surface area contributed by atoms with E-state index in [0.29, 0.717) is 0 Å². The Morgan fingerprint density at radius 1 is 1.08 bits per heavy atom. The summed E-state index contributed by atoms with van der Waals surface area (Å²) < 4.78 is 5.39. The third-order valence-electron chi connectivity index (χ3n) is 4.66.